The first-order valence-corrected chi connectivity index (χ1v) is 10.9. The number of hydrogen-bond donors (Lipinski definition) is 1. The van der Waals surface area contributed by atoms with Crippen molar-refractivity contribution in [1.82, 2.24) is 20.4 Å². The summed E-state index contributed by atoms with van der Waals surface area (Å²) in [6.07, 6.45) is 7.11. The minimum Gasteiger partial charge on any atom is -0.339 e. The average molecular weight is 419 g/mol. The van der Waals surface area contributed by atoms with Gasteiger partial charge in [0.2, 0.25) is 0 Å². The van der Waals surface area contributed by atoms with Gasteiger partial charge in [-0.2, -0.15) is 0 Å². The molecule has 3 fully saturated rings. The second-order valence-electron chi connectivity index (χ2n) is 9.19. The molecule has 7 heteroatoms. The maximum Gasteiger partial charge on any atom is 0.259 e. The van der Waals surface area contributed by atoms with E-state index in [4.69, 9.17) is 4.52 Å². The molecule has 6 nitrogen and oxygen atoms in total. The average Bonchev–Trinajstić information content (AvgIpc) is 3.62. The number of carbonyl (C=O) groups excluding carboxylic acids is 1. The number of hydrogen-bond acceptors (Lipinski definition) is 5. The molecule has 3 heterocycles. The van der Waals surface area contributed by atoms with Gasteiger partial charge in [-0.3, -0.25) is 4.79 Å². The van der Waals surface area contributed by atoms with Crippen LogP contribution in [0.2, 0.25) is 0 Å². The zero-order valence-electron chi connectivity index (χ0n) is 17.3. The van der Waals surface area contributed by atoms with Gasteiger partial charge in [-0.25, -0.2) is 4.98 Å². The number of nitrogens with zero attached hydrogens (tertiary/aromatic N) is 3. The molecule has 5 rings (SSSR count). The molecule has 2 aliphatic carbocycles. The molecule has 158 valence electrons. The largest absolute Gasteiger partial charge is 0.339 e. The molecule has 0 spiro atoms. The van der Waals surface area contributed by atoms with Crippen molar-refractivity contribution >= 4 is 29.4 Å². The predicted molar refractivity (Wildman–Crippen MR) is 115 cm³/mol. The number of pyridine rings is 1. The van der Waals surface area contributed by atoms with Gasteiger partial charge >= 0.3 is 0 Å². The third-order valence-electron chi connectivity index (χ3n) is 6.44. The molecule has 0 radical (unpaired) electrons. The van der Waals surface area contributed by atoms with Gasteiger partial charge in [0.05, 0.1) is 16.6 Å². The fraction of sp³-hybridized carbons (Fsp3) is 0.682. The van der Waals surface area contributed by atoms with E-state index < -0.39 is 0 Å². The lowest BCUT2D eigenvalue weighted by Crippen LogP contribution is -2.45. The molecule has 0 atom stereocenters. The maximum absolute atomic E-state index is 13.5. The number of rotatable bonds is 6. The van der Waals surface area contributed by atoms with Crippen molar-refractivity contribution in [2.24, 2.45) is 5.92 Å². The van der Waals surface area contributed by atoms with Crippen LogP contribution in [0.3, 0.4) is 0 Å². The molecule has 0 unspecified atom stereocenters. The highest BCUT2D eigenvalue weighted by atomic mass is 35.5. The second-order valence-corrected chi connectivity index (χ2v) is 9.19. The Morgan fingerprint density at radius 1 is 1.21 bits per heavy atom. The Kier molecular flexibility index (Phi) is 5.85. The highest BCUT2D eigenvalue weighted by Crippen LogP contribution is 2.41. The van der Waals surface area contributed by atoms with Crippen LogP contribution in [0.5, 0.6) is 0 Å². The summed E-state index contributed by atoms with van der Waals surface area (Å²) in [5.74, 6) is 1.67. The standard InChI is InChI=1S/C22H30N4O2.ClH/c1-13(2)20-19-17(11-18(15-5-6-15)24-21(19)28-25-20)22(27)26-9-7-16(8-10-26)23-12-14-3-4-14;/h11,13-16,23H,3-10,12H2,1-2H3;1H. The van der Waals surface area contributed by atoms with E-state index in [-0.39, 0.29) is 24.2 Å². The van der Waals surface area contributed by atoms with Crippen molar-refractivity contribution in [2.75, 3.05) is 19.6 Å². The van der Waals surface area contributed by atoms with Crippen molar-refractivity contribution in [3.8, 4) is 0 Å². The molecule has 29 heavy (non-hydrogen) atoms. The number of fused-ring (bicyclic) bond motifs is 1. The molecule has 0 bridgehead atoms. The lowest BCUT2D eigenvalue weighted by atomic mass is 9.99. The Labute approximate surface area is 178 Å². The Balaban J connectivity index is 0.00000205. The lowest BCUT2D eigenvalue weighted by Gasteiger charge is -2.32. The number of nitrogens with one attached hydrogen (secondary N) is 1. The zero-order chi connectivity index (χ0) is 19.3. The maximum atomic E-state index is 13.5. The third-order valence-corrected chi connectivity index (χ3v) is 6.44. The fourth-order valence-electron chi connectivity index (χ4n) is 4.26. The molecule has 2 aromatic heterocycles. The van der Waals surface area contributed by atoms with E-state index in [0.717, 1.165) is 73.6 Å². The first kappa shape index (κ1) is 20.6. The Hall–Kier alpha value is -1.66. The lowest BCUT2D eigenvalue weighted by molar-refractivity contribution is 0.0706. The van der Waals surface area contributed by atoms with Crippen LogP contribution in [0.1, 0.15) is 86.0 Å². The van der Waals surface area contributed by atoms with Gasteiger partial charge in [-0.05, 0) is 63.0 Å². The molecule has 1 N–H and O–H groups in total. The summed E-state index contributed by atoms with van der Waals surface area (Å²) in [5.41, 5.74) is 3.09. The van der Waals surface area contributed by atoms with Crippen molar-refractivity contribution < 1.29 is 9.32 Å². The third kappa shape index (κ3) is 4.29. The van der Waals surface area contributed by atoms with Crippen molar-refractivity contribution in [3.63, 3.8) is 0 Å². The normalized spacial score (nSPS) is 20.3. The molecule has 1 aliphatic heterocycles. The SMILES string of the molecule is CC(C)c1noc2nc(C3CC3)cc(C(=O)N3CCC(NCC4CC4)CC3)c12.Cl. The van der Waals surface area contributed by atoms with Gasteiger partial charge in [-0.15, -0.1) is 12.4 Å². The van der Waals surface area contributed by atoms with Crippen molar-refractivity contribution in [1.29, 1.82) is 0 Å². The van der Waals surface area contributed by atoms with Crippen LogP contribution >= 0.6 is 12.4 Å². The monoisotopic (exact) mass is 418 g/mol. The topological polar surface area (TPSA) is 71.3 Å². The molecule has 2 saturated carbocycles. The van der Waals surface area contributed by atoms with E-state index in [9.17, 15) is 4.79 Å². The van der Waals surface area contributed by atoms with Gasteiger partial charge in [-0.1, -0.05) is 19.0 Å². The van der Waals surface area contributed by atoms with E-state index in [0.29, 0.717) is 17.7 Å². The summed E-state index contributed by atoms with van der Waals surface area (Å²) in [6.45, 7) is 6.93. The summed E-state index contributed by atoms with van der Waals surface area (Å²) < 4.78 is 5.54. The first-order valence-electron chi connectivity index (χ1n) is 10.9. The smallest absolute Gasteiger partial charge is 0.259 e. The van der Waals surface area contributed by atoms with Crippen LogP contribution in [0.4, 0.5) is 0 Å². The van der Waals surface area contributed by atoms with Crippen LogP contribution < -0.4 is 5.32 Å². The van der Waals surface area contributed by atoms with E-state index in [1.165, 1.54) is 12.8 Å². The van der Waals surface area contributed by atoms with Crippen LogP contribution in [0.15, 0.2) is 10.6 Å². The van der Waals surface area contributed by atoms with Gasteiger partial charge in [0.25, 0.3) is 11.6 Å². The summed E-state index contributed by atoms with van der Waals surface area (Å²) in [5, 5.41) is 8.75. The van der Waals surface area contributed by atoms with Crippen molar-refractivity contribution in [3.05, 3.63) is 23.0 Å². The summed E-state index contributed by atoms with van der Waals surface area (Å²) in [7, 11) is 0. The minimum absolute atomic E-state index is 0. The number of carbonyl (C=O) groups is 1. The Morgan fingerprint density at radius 2 is 1.93 bits per heavy atom. The molecular formula is C22H31ClN4O2. The number of amides is 1. The van der Waals surface area contributed by atoms with Crippen LogP contribution in [-0.4, -0.2) is 46.6 Å². The van der Waals surface area contributed by atoms with Crippen LogP contribution in [0.25, 0.3) is 11.1 Å². The number of likely N-dealkylation sites (tertiary alicyclic amines) is 1. The van der Waals surface area contributed by atoms with Crippen molar-refractivity contribution in [2.45, 2.75) is 70.3 Å². The highest BCUT2D eigenvalue weighted by molar-refractivity contribution is 6.06. The second kappa shape index (κ2) is 8.23. The first-order chi connectivity index (χ1) is 13.6. The molecule has 0 aromatic carbocycles. The van der Waals surface area contributed by atoms with Gasteiger partial charge < -0.3 is 14.7 Å². The summed E-state index contributed by atoms with van der Waals surface area (Å²) in [6, 6.07) is 2.56. The van der Waals surface area contributed by atoms with Gasteiger partial charge in [0.15, 0.2) is 0 Å². The van der Waals surface area contributed by atoms with E-state index >= 15 is 0 Å². The Morgan fingerprint density at radius 3 is 2.55 bits per heavy atom. The van der Waals surface area contributed by atoms with Gasteiger partial charge in [0, 0.05) is 30.7 Å². The minimum atomic E-state index is 0. The zero-order valence-corrected chi connectivity index (χ0v) is 18.1. The summed E-state index contributed by atoms with van der Waals surface area (Å²) >= 11 is 0. The fourth-order valence-corrected chi connectivity index (χ4v) is 4.26. The van der Waals surface area contributed by atoms with E-state index in [1.807, 2.05) is 11.0 Å². The van der Waals surface area contributed by atoms with E-state index in [2.05, 4.69) is 29.3 Å². The number of aromatic nitrogens is 2. The number of halogens is 1. The molecule has 1 saturated heterocycles. The summed E-state index contributed by atoms with van der Waals surface area (Å²) in [4.78, 5) is 20.2. The number of piperidine rings is 1. The van der Waals surface area contributed by atoms with E-state index in [1.54, 1.807) is 0 Å². The molecule has 2 aromatic rings. The highest BCUT2D eigenvalue weighted by Gasteiger charge is 2.32. The van der Waals surface area contributed by atoms with Crippen LogP contribution in [-0.2, 0) is 0 Å². The Bertz CT molecular complexity index is 880. The molecular weight excluding hydrogens is 388 g/mol. The predicted octanol–water partition coefficient (Wildman–Crippen LogP) is 4.25. The molecule has 3 aliphatic rings. The van der Waals surface area contributed by atoms with Crippen LogP contribution in [0, 0.1) is 5.92 Å². The quantitative estimate of drug-likeness (QED) is 0.759. The van der Waals surface area contributed by atoms with Gasteiger partial charge in [0.1, 0.15) is 0 Å². The molecule has 1 amide bonds.